The van der Waals surface area contributed by atoms with Gasteiger partial charge in [0.15, 0.2) is 5.96 Å². The van der Waals surface area contributed by atoms with Gasteiger partial charge in [0, 0.05) is 32.3 Å². The van der Waals surface area contributed by atoms with E-state index in [-0.39, 0.29) is 12.0 Å². The van der Waals surface area contributed by atoms with Crippen LogP contribution in [0, 0.1) is 17.0 Å². The molecule has 1 fully saturated rings. The van der Waals surface area contributed by atoms with Crippen molar-refractivity contribution in [2.24, 2.45) is 10.4 Å². The van der Waals surface area contributed by atoms with E-state index in [0.717, 1.165) is 31.9 Å². The lowest BCUT2D eigenvalue weighted by atomic mass is 9.72. The molecule has 0 aliphatic heterocycles. The second kappa shape index (κ2) is 10.5. The Balaban J connectivity index is 1.92. The summed E-state index contributed by atoms with van der Waals surface area (Å²) in [5.41, 5.74) is 0.581. The highest BCUT2D eigenvalue weighted by molar-refractivity contribution is 5.79. The van der Waals surface area contributed by atoms with Crippen LogP contribution >= 0.6 is 0 Å². The lowest BCUT2D eigenvalue weighted by molar-refractivity contribution is 0.137. The number of benzene rings is 1. The zero-order chi connectivity index (χ0) is 18.8. The topological polar surface area (TPSA) is 56.7 Å². The van der Waals surface area contributed by atoms with Crippen molar-refractivity contribution in [3.05, 3.63) is 35.4 Å². The summed E-state index contributed by atoms with van der Waals surface area (Å²) >= 11 is 0. The molecule has 6 heteroatoms. The van der Waals surface area contributed by atoms with Gasteiger partial charge in [-0.1, -0.05) is 25.3 Å². The van der Waals surface area contributed by atoms with Gasteiger partial charge < -0.3 is 15.7 Å². The molecule has 0 heterocycles. The molecule has 0 spiro atoms. The molecule has 0 bridgehead atoms. The number of aliphatic hydroxyl groups excluding tert-OH is 1. The standard InChI is InChI=1S/C20H31F2N3O/c1-2-23-19(24-12-8-16-6-7-17(21)14-18(16)22)25-15-20(11-13-26)9-4-3-5-10-20/h6-7,14,26H,2-5,8-13,15H2,1H3,(H2,23,24,25). The lowest BCUT2D eigenvalue weighted by Gasteiger charge is -2.35. The van der Waals surface area contributed by atoms with Crippen molar-refractivity contribution < 1.29 is 13.9 Å². The highest BCUT2D eigenvalue weighted by Crippen LogP contribution is 2.39. The number of hydrogen-bond acceptors (Lipinski definition) is 2. The molecule has 1 aromatic rings. The molecule has 1 aliphatic rings. The smallest absolute Gasteiger partial charge is 0.191 e. The zero-order valence-corrected chi connectivity index (χ0v) is 15.7. The minimum absolute atomic E-state index is 0.0957. The molecule has 146 valence electrons. The van der Waals surface area contributed by atoms with Crippen LogP contribution in [0.5, 0.6) is 0 Å². The van der Waals surface area contributed by atoms with Gasteiger partial charge >= 0.3 is 0 Å². The quantitative estimate of drug-likeness (QED) is 0.488. The molecule has 2 rings (SSSR count). The Morgan fingerprint density at radius 1 is 1.19 bits per heavy atom. The molecule has 26 heavy (non-hydrogen) atoms. The molecule has 0 amide bonds. The second-order valence-corrected chi connectivity index (χ2v) is 7.14. The molecular weight excluding hydrogens is 336 g/mol. The molecule has 0 aromatic heterocycles. The fraction of sp³-hybridized carbons (Fsp3) is 0.650. The predicted octanol–water partition coefficient (Wildman–Crippen LogP) is 3.40. The number of nitrogens with zero attached hydrogens (tertiary/aromatic N) is 1. The Bertz CT molecular complexity index is 581. The van der Waals surface area contributed by atoms with E-state index in [2.05, 4.69) is 10.6 Å². The molecule has 1 saturated carbocycles. The molecule has 3 N–H and O–H groups in total. The van der Waals surface area contributed by atoms with Gasteiger partial charge in [-0.05, 0) is 49.7 Å². The summed E-state index contributed by atoms with van der Waals surface area (Å²) in [6.45, 7) is 4.14. The Labute approximate surface area is 155 Å². The maximum Gasteiger partial charge on any atom is 0.191 e. The van der Waals surface area contributed by atoms with Gasteiger partial charge in [0.1, 0.15) is 11.6 Å². The third kappa shape index (κ3) is 6.24. The normalized spacial score (nSPS) is 17.2. The van der Waals surface area contributed by atoms with E-state index < -0.39 is 11.6 Å². The molecular formula is C20H31F2N3O. The number of aliphatic hydroxyl groups is 1. The van der Waals surface area contributed by atoms with Crippen molar-refractivity contribution >= 4 is 5.96 Å². The summed E-state index contributed by atoms with van der Waals surface area (Å²) in [6.07, 6.45) is 7.12. The van der Waals surface area contributed by atoms with Crippen molar-refractivity contribution in [2.75, 3.05) is 26.2 Å². The number of aliphatic imine (C=N–C) groups is 1. The Kier molecular flexibility index (Phi) is 8.29. The van der Waals surface area contributed by atoms with Crippen LogP contribution in [-0.2, 0) is 6.42 Å². The van der Waals surface area contributed by atoms with E-state index in [9.17, 15) is 13.9 Å². The number of hydrogen-bond donors (Lipinski definition) is 3. The summed E-state index contributed by atoms with van der Waals surface area (Å²) in [6, 6.07) is 3.67. The van der Waals surface area contributed by atoms with Crippen LogP contribution in [0.25, 0.3) is 0 Å². The zero-order valence-electron chi connectivity index (χ0n) is 15.7. The molecule has 4 nitrogen and oxygen atoms in total. The predicted molar refractivity (Wildman–Crippen MR) is 101 cm³/mol. The average Bonchev–Trinajstić information content (AvgIpc) is 2.62. The Morgan fingerprint density at radius 3 is 2.62 bits per heavy atom. The van der Waals surface area contributed by atoms with Crippen LogP contribution < -0.4 is 10.6 Å². The van der Waals surface area contributed by atoms with Crippen LogP contribution in [0.2, 0.25) is 0 Å². The van der Waals surface area contributed by atoms with E-state index in [1.165, 1.54) is 31.4 Å². The van der Waals surface area contributed by atoms with Crippen molar-refractivity contribution in [3.63, 3.8) is 0 Å². The Hall–Kier alpha value is -1.69. The van der Waals surface area contributed by atoms with Gasteiger partial charge in [-0.15, -0.1) is 0 Å². The summed E-state index contributed by atoms with van der Waals surface area (Å²) in [5, 5.41) is 15.9. The molecule has 1 aromatic carbocycles. The maximum atomic E-state index is 13.7. The SMILES string of the molecule is CCNC(=NCC1(CCO)CCCCC1)NCCc1ccc(F)cc1F. The maximum absolute atomic E-state index is 13.7. The van der Waals surface area contributed by atoms with Gasteiger partial charge in [0.05, 0.1) is 0 Å². The number of rotatable bonds is 8. The minimum atomic E-state index is -0.559. The van der Waals surface area contributed by atoms with Gasteiger partial charge in [-0.3, -0.25) is 4.99 Å². The third-order valence-electron chi connectivity index (χ3n) is 5.18. The Morgan fingerprint density at radius 2 is 1.96 bits per heavy atom. The van der Waals surface area contributed by atoms with Crippen LogP contribution in [0.3, 0.4) is 0 Å². The second-order valence-electron chi connectivity index (χ2n) is 7.14. The van der Waals surface area contributed by atoms with Crippen molar-refractivity contribution in [3.8, 4) is 0 Å². The molecule has 1 aliphatic carbocycles. The monoisotopic (exact) mass is 367 g/mol. The lowest BCUT2D eigenvalue weighted by Crippen LogP contribution is -2.40. The largest absolute Gasteiger partial charge is 0.396 e. The first-order valence-corrected chi connectivity index (χ1v) is 9.65. The van der Waals surface area contributed by atoms with Crippen LogP contribution in [0.4, 0.5) is 8.78 Å². The first-order chi connectivity index (χ1) is 12.6. The van der Waals surface area contributed by atoms with E-state index in [0.29, 0.717) is 31.0 Å². The van der Waals surface area contributed by atoms with Gasteiger partial charge in [-0.25, -0.2) is 8.78 Å². The van der Waals surface area contributed by atoms with E-state index in [1.807, 2.05) is 6.92 Å². The first-order valence-electron chi connectivity index (χ1n) is 9.65. The average molecular weight is 367 g/mol. The number of halogens is 2. The van der Waals surface area contributed by atoms with Gasteiger partial charge in [-0.2, -0.15) is 0 Å². The summed E-state index contributed by atoms with van der Waals surface area (Å²) in [5.74, 6) is -0.369. The van der Waals surface area contributed by atoms with Gasteiger partial charge in [0.25, 0.3) is 0 Å². The molecule has 0 saturated heterocycles. The molecule has 0 unspecified atom stereocenters. The third-order valence-corrected chi connectivity index (χ3v) is 5.18. The summed E-state index contributed by atoms with van der Waals surface area (Å²) in [7, 11) is 0. The molecule has 0 atom stereocenters. The summed E-state index contributed by atoms with van der Waals surface area (Å²) in [4.78, 5) is 4.73. The number of nitrogens with one attached hydrogen (secondary N) is 2. The number of guanidine groups is 1. The fourth-order valence-electron chi connectivity index (χ4n) is 3.65. The van der Waals surface area contributed by atoms with Crippen LogP contribution in [0.1, 0.15) is 51.0 Å². The van der Waals surface area contributed by atoms with E-state index >= 15 is 0 Å². The minimum Gasteiger partial charge on any atom is -0.396 e. The van der Waals surface area contributed by atoms with Crippen LogP contribution in [0.15, 0.2) is 23.2 Å². The van der Waals surface area contributed by atoms with Crippen molar-refractivity contribution in [1.82, 2.24) is 10.6 Å². The van der Waals surface area contributed by atoms with Crippen molar-refractivity contribution in [2.45, 2.75) is 51.9 Å². The fourth-order valence-corrected chi connectivity index (χ4v) is 3.65. The highest BCUT2D eigenvalue weighted by atomic mass is 19.1. The highest BCUT2D eigenvalue weighted by Gasteiger charge is 2.31. The molecule has 0 radical (unpaired) electrons. The van der Waals surface area contributed by atoms with Gasteiger partial charge in [0.2, 0.25) is 0 Å². The van der Waals surface area contributed by atoms with E-state index in [4.69, 9.17) is 4.99 Å². The summed E-state index contributed by atoms with van der Waals surface area (Å²) < 4.78 is 26.7. The first kappa shape index (κ1) is 20.6. The van der Waals surface area contributed by atoms with Crippen LogP contribution in [-0.4, -0.2) is 37.3 Å². The van der Waals surface area contributed by atoms with Crippen molar-refractivity contribution in [1.29, 1.82) is 0 Å². The van der Waals surface area contributed by atoms with E-state index in [1.54, 1.807) is 0 Å².